The van der Waals surface area contributed by atoms with Crippen LogP contribution in [0.25, 0.3) is 0 Å². The van der Waals surface area contributed by atoms with Gasteiger partial charge in [-0.2, -0.15) is 0 Å². The smallest absolute Gasteiger partial charge is 0.306 e. The van der Waals surface area contributed by atoms with Crippen molar-refractivity contribution < 1.29 is 23.9 Å². The molecule has 0 saturated heterocycles. The predicted molar refractivity (Wildman–Crippen MR) is 225 cm³/mol. The van der Waals surface area contributed by atoms with Crippen molar-refractivity contribution in [3.8, 4) is 0 Å². The summed E-state index contributed by atoms with van der Waals surface area (Å²) < 4.78 is 5.93. The lowest BCUT2D eigenvalue weighted by Crippen LogP contribution is -2.36. The number of ether oxygens (including phenoxy) is 1. The summed E-state index contributed by atoms with van der Waals surface area (Å²) in [6.45, 7) is 15.5. The van der Waals surface area contributed by atoms with Gasteiger partial charge in [-0.25, -0.2) is 0 Å². The highest BCUT2D eigenvalue weighted by Crippen LogP contribution is 2.33. The third-order valence-corrected chi connectivity index (χ3v) is 10.8. The highest BCUT2D eigenvalue weighted by molar-refractivity contribution is 7.12. The van der Waals surface area contributed by atoms with Gasteiger partial charge in [-0.05, 0) is 90.9 Å². The topological polar surface area (TPSA) is 96.0 Å². The summed E-state index contributed by atoms with van der Waals surface area (Å²) in [6.07, 6.45) is 24.7. The van der Waals surface area contributed by atoms with Gasteiger partial charge in [-0.1, -0.05) is 105 Å². The maximum Gasteiger partial charge on any atom is 0.306 e. The number of hydrogen-bond acceptors (Lipinski definition) is 7. The van der Waals surface area contributed by atoms with E-state index in [9.17, 15) is 19.2 Å². The second-order valence-corrected chi connectivity index (χ2v) is 16.0. The van der Waals surface area contributed by atoms with Crippen LogP contribution in [-0.4, -0.2) is 73.7 Å². The van der Waals surface area contributed by atoms with Crippen molar-refractivity contribution in [3.63, 3.8) is 0 Å². The molecule has 2 amide bonds. The molecule has 0 aromatic carbocycles. The van der Waals surface area contributed by atoms with E-state index >= 15 is 0 Å². The lowest BCUT2D eigenvalue weighted by atomic mass is 10.0. The van der Waals surface area contributed by atoms with Gasteiger partial charge in [-0.15, -0.1) is 11.3 Å². The first kappa shape index (κ1) is 50.7. The van der Waals surface area contributed by atoms with Gasteiger partial charge < -0.3 is 24.6 Å². The molecule has 8 nitrogen and oxygen atoms in total. The third kappa shape index (κ3) is 24.7. The molecule has 9 heteroatoms. The average molecular weight is 764 g/mol. The first-order valence-corrected chi connectivity index (χ1v) is 22.4. The van der Waals surface area contributed by atoms with Crippen LogP contribution >= 0.6 is 11.3 Å². The molecule has 1 aromatic heterocycles. The summed E-state index contributed by atoms with van der Waals surface area (Å²) in [6, 6.07) is 0. The maximum atomic E-state index is 13.0. The van der Waals surface area contributed by atoms with E-state index in [1.54, 1.807) is 11.3 Å². The molecule has 1 unspecified atom stereocenters. The Labute approximate surface area is 330 Å². The summed E-state index contributed by atoms with van der Waals surface area (Å²) in [4.78, 5) is 54.5. The number of aldehydes is 1. The number of nitrogens with one attached hydrogen (secondary N) is 1. The summed E-state index contributed by atoms with van der Waals surface area (Å²) in [5, 5.41) is 3.08. The molecule has 2 heterocycles. The molecule has 1 aliphatic rings. The van der Waals surface area contributed by atoms with Crippen LogP contribution < -0.4 is 5.32 Å². The number of amides is 2. The van der Waals surface area contributed by atoms with Gasteiger partial charge in [-0.3, -0.25) is 14.4 Å². The second kappa shape index (κ2) is 34.2. The van der Waals surface area contributed by atoms with Crippen molar-refractivity contribution in [2.45, 2.75) is 202 Å². The van der Waals surface area contributed by atoms with Crippen molar-refractivity contribution in [1.82, 2.24) is 15.1 Å². The summed E-state index contributed by atoms with van der Waals surface area (Å²) in [5.74, 6) is 0.0374. The predicted octanol–water partition coefficient (Wildman–Crippen LogP) is 11.0. The van der Waals surface area contributed by atoms with Gasteiger partial charge in [0.15, 0.2) is 0 Å². The maximum absolute atomic E-state index is 13.0. The number of carbonyl (C=O) groups excluding carboxylic acids is 4. The molecule has 2 rings (SSSR count). The summed E-state index contributed by atoms with van der Waals surface area (Å²) >= 11 is 1.64. The van der Waals surface area contributed by atoms with E-state index in [1.807, 2.05) is 39.8 Å². The summed E-state index contributed by atoms with van der Waals surface area (Å²) in [5.41, 5.74) is 1.93. The number of aryl methyl sites for hydroxylation is 1. The quantitative estimate of drug-likeness (QED) is 0.0519. The van der Waals surface area contributed by atoms with Crippen LogP contribution in [0.2, 0.25) is 0 Å². The molecule has 1 aromatic rings. The molecule has 1 N–H and O–H groups in total. The Hall–Kier alpha value is -2.26. The van der Waals surface area contributed by atoms with Gasteiger partial charge in [0.1, 0.15) is 12.4 Å². The highest BCUT2D eigenvalue weighted by atomic mass is 32.1. The molecule has 0 aliphatic carbocycles. The zero-order valence-corrected chi connectivity index (χ0v) is 36.4. The first-order valence-electron chi connectivity index (χ1n) is 21.6. The number of rotatable bonds is 28. The minimum absolute atomic E-state index is 0.00981. The lowest BCUT2D eigenvalue weighted by molar-refractivity contribution is -0.150. The standard InChI is InChI=1S/C35H61N3O4S.C7H14O.C2H6/c1-6-8-10-12-13-15-20-29(19-14-11-9-7-2)42-33(40)22-17-16-21-32(39)38-26-23-30-31(27-38)43-28(3)34(30)35(41)36-24-18-25-37(4)5;1-2-3-4-5-6-7-8;1-2/h29H,6-27H2,1-5H3,(H,36,41);7H,2-6H2,1H3;1-2H3. The Bertz CT molecular complexity index is 1090. The molecule has 1 atom stereocenters. The van der Waals surface area contributed by atoms with Crippen LogP contribution in [-0.2, 0) is 32.1 Å². The molecule has 0 saturated carbocycles. The molecule has 0 fully saturated rings. The van der Waals surface area contributed by atoms with E-state index in [1.165, 1.54) is 70.6 Å². The minimum atomic E-state index is -0.108. The van der Waals surface area contributed by atoms with E-state index < -0.39 is 0 Å². The Balaban J connectivity index is 0.00000238. The number of carbonyl (C=O) groups is 4. The van der Waals surface area contributed by atoms with Gasteiger partial charge in [0, 0.05) is 42.1 Å². The van der Waals surface area contributed by atoms with Crippen LogP contribution in [0.3, 0.4) is 0 Å². The van der Waals surface area contributed by atoms with Crippen LogP contribution in [0.1, 0.15) is 202 Å². The van der Waals surface area contributed by atoms with Crippen LogP contribution in [0.15, 0.2) is 0 Å². The molecule has 308 valence electrons. The Kier molecular flexibility index (Phi) is 32.8. The average Bonchev–Trinajstić information content (AvgIpc) is 3.49. The molecule has 0 bridgehead atoms. The Morgan fingerprint density at radius 1 is 0.811 bits per heavy atom. The third-order valence-electron chi connectivity index (χ3n) is 9.63. The number of fused-ring (bicyclic) bond motifs is 1. The van der Waals surface area contributed by atoms with E-state index in [-0.39, 0.29) is 23.9 Å². The van der Waals surface area contributed by atoms with E-state index in [4.69, 9.17) is 4.74 Å². The van der Waals surface area contributed by atoms with Crippen molar-refractivity contribution in [2.75, 3.05) is 33.7 Å². The zero-order valence-electron chi connectivity index (χ0n) is 35.6. The molecule has 0 spiro atoms. The molecular formula is C44H81N3O5S. The fraction of sp³-hybridized carbons (Fsp3) is 0.818. The molecule has 0 radical (unpaired) electrons. The van der Waals surface area contributed by atoms with Gasteiger partial charge in [0.25, 0.3) is 5.91 Å². The minimum Gasteiger partial charge on any atom is -0.462 e. The fourth-order valence-corrected chi connectivity index (χ4v) is 7.79. The van der Waals surface area contributed by atoms with Crippen molar-refractivity contribution in [3.05, 3.63) is 20.9 Å². The Morgan fingerprint density at radius 3 is 1.98 bits per heavy atom. The van der Waals surface area contributed by atoms with E-state index in [2.05, 4.69) is 31.0 Å². The fourth-order valence-electron chi connectivity index (χ4n) is 6.55. The van der Waals surface area contributed by atoms with Crippen molar-refractivity contribution >= 4 is 35.4 Å². The number of thiophene rings is 1. The van der Waals surface area contributed by atoms with Gasteiger partial charge >= 0.3 is 5.97 Å². The number of nitrogens with zero attached hydrogens (tertiary/aromatic N) is 2. The lowest BCUT2D eigenvalue weighted by Gasteiger charge is -2.27. The summed E-state index contributed by atoms with van der Waals surface area (Å²) in [7, 11) is 4.07. The molecule has 53 heavy (non-hydrogen) atoms. The van der Waals surface area contributed by atoms with Crippen molar-refractivity contribution in [1.29, 1.82) is 0 Å². The van der Waals surface area contributed by atoms with Crippen LogP contribution in [0.5, 0.6) is 0 Å². The van der Waals surface area contributed by atoms with Crippen LogP contribution in [0, 0.1) is 6.92 Å². The zero-order chi connectivity index (χ0) is 39.7. The molecular weight excluding hydrogens is 683 g/mol. The number of esters is 1. The van der Waals surface area contributed by atoms with E-state index in [0.717, 1.165) is 85.1 Å². The second-order valence-electron chi connectivity index (χ2n) is 14.7. The SMILES string of the molecule is CC.CCCCCCC=O.CCCCCCCCC(CCCCCC)OC(=O)CCCCC(=O)N1CCc2c(sc(C)c2C(=O)NCCCN(C)C)C1. The first-order chi connectivity index (χ1) is 25.7. The Morgan fingerprint density at radius 2 is 1.38 bits per heavy atom. The van der Waals surface area contributed by atoms with Crippen LogP contribution in [0.4, 0.5) is 0 Å². The number of unbranched alkanes of at least 4 members (excludes halogenated alkanes) is 13. The normalized spacial score (nSPS) is 12.6. The van der Waals surface area contributed by atoms with Gasteiger partial charge in [0.05, 0.1) is 12.1 Å². The highest BCUT2D eigenvalue weighted by Gasteiger charge is 2.28. The van der Waals surface area contributed by atoms with E-state index in [0.29, 0.717) is 45.3 Å². The monoisotopic (exact) mass is 764 g/mol. The number of hydrogen-bond donors (Lipinski definition) is 1. The molecule has 1 aliphatic heterocycles. The largest absolute Gasteiger partial charge is 0.462 e. The van der Waals surface area contributed by atoms with Crippen molar-refractivity contribution in [2.24, 2.45) is 0 Å². The van der Waals surface area contributed by atoms with Gasteiger partial charge in [0.2, 0.25) is 5.91 Å².